The molecule has 1 aliphatic rings. The SMILES string of the molecule is CNC(=O)C(C)Oc1ccc([N+](=O)[O-])cc1CNC1CC1. The number of ether oxygens (including phenoxy) is 1. The van der Waals surface area contributed by atoms with E-state index < -0.39 is 11.0 Å². The summed E-state index contributed by atoms with van der Waals surface area (Å²) in [6.45, 7) is 2.13. The number of nitrogens with zero attached hydrogens (tertiary/aromatic N) is 1. The maximum atomic E-state index is 11.5. The Morgan fingerprint density at radius 3 is 2.81 bits per heavy atom. The lowest BCUT2D eigenvalue weighted by Gasteiger charge is -2.16. The normalized spacial score (nSPS) is 15.3. The fourth-order valence-corrected chi connectivity index (χ4v) is 1.92. The summed E-state index contributed by atoms with van der Waals surface area (Å²) in [6, 6.07) is 4.89. The van der Waals surface area contributed by atoms with Gasteiger partial charge in [-0.2, -0.15) is 0 Å². The monoisotopic (exact) mass is 293 g/mol. The molecule has 7 nitrogen and oxygen atoms in total. The van der Waals surface area contributed by atoms with Gasteiger partial charge in [0.25, 0.3) is 11.6 Å². The largest absolute Gasteiger partial charge is 0.481 e. The second kappa shape index (κ2) is 6.53. The van der Waals surface area contributed by atoms with E-state index in [-0.39, 0.29) is 11.6 Å². The van der Waals surface area contributed by atoms with Crippen molar-refractivity contribution in [1.82, 2.24) is 10.6 Å². The first kappa shape index (κ1) is 15.2. The van der Waals surface area contributed by atoms with Gasteiger partial charge in [-0.25, -0.2) is 0 Å². The Balaban J connectivity index is 2.16. The molecule has 21 heavy (non-hydrogen) atoms. The third-order valence-corrected chi connectivity index (χ3v) is 3.33. The predicted octanol–water partition coefficient (Wildman–Crippen LogP) is 1.36. The van der Waals surface area contributed by atoms with Gasteiger partial charge in [-0.05, 0) is 25.8 Å². The third kappa shape index (κ3) is 4.16. The van der Waals surface area contributed by atoms with Gasteiger partial charge in [-0.3, -0.25) is 14.9 Å². The van der Waals surface area contributed by atoms with Crippen LogP contribution < -0.4 is 15.4 Å². The molecule has 2 rings (SSSR count). The number of hydrogen-bond donors (Lipinski definition) is 2. The summed E-state index contributed by atoms with van der Waals surface area (Å²) in [6.07, 6.45) is 1.59. The topological polar surface area (TPSA) is 93.5 Å². The molecular weight excluding hydrogens is 274 g/mol. The molecular formula is C14H19N3O4. The number of rotatable bonds is 7. The Bertz CT molecular complexity index is 543. The average molecular weight is 293 g/mol. The highest BCUT2D eigenvalue weighted by atomic mass is 16.6. The van der Waals surface area contributed by atoms with Crippen LogP contribution in [0.15, 0.2) is 18.2 Å². The first-order valence-corrected chi connectivity index (χ1v) is 6.90. The molecule has 0 spiro atoms. The van der Waals surface area contributed by atoms with Crippen molar-refractivity contribution in [1.29, 1.82) is 0 Å². The molecule has 1 aromatic carbocycles. The Morgan fingerprint density at radius 2 is 2.24 bits per heavy atom. The van der Waals surface area contributed by atoms with Gasteiger partial charge >= 0.3 is 0 Å². The fourth-order valence-electron chi connectivity index (χ4n) is 1.92. The highest BCUT2D eigenvalue weighted by Crippen LogP contribution is 2.27. The zero-order chi connectivity index (χ0) is 15.4. The highest BCUT2D eigenvalue weighted by molar-refractivity contribution is 5.80. The fraction of sp³-hybridized carbons (Fsp3) is 0.500. The summed E-state index contributed by atoms with van der Waals surface area (Å²) < 4.78 is 5.61. The van der Waals surface area contributed by atoms with Gasteiger partial charge in [-0.1, -0.05) is 0 Å². The van der Waals surface area contributed by atoms with E-state index in [2.05, 4.69) is 10.6 Å². The number of likely N-dealkylation sites (N-methyl/N-ethyl adjacent to an activating group) is 1. The third-order valence-electron chi connectivity index (χ3n) is 3.33. The van der Waals surface area contributed by atoms with Crippen molar-refractivity contribution in [3.63, 3.8) is 0 Å². The molecule has 0 bridgehead atoms. The van der Waals surface area contributed by atoms with Crippen LogP contribution in [0.5, 0.6) is 5.75 Å². The number of carbonyl (C=O) groups is 1. The minimum Gasteiger partial charge on any atom is -0.481 e. The molecule has 1 aromatic rings. The number of non-ortho nitro benzene ring substituents is 1. The quantitative estimate of drug-likeness (QED) is 0.585. The molecule has 2 N–H and O–H groups in total. The van der Waals surface area contributed by atoms with Crippen molar-refractivity contribution in [2.45, 2.75) is 38.5 Å². The van der Waals surface area contributed by atoms with Gasteiger partial charge in [0.2, 0.25) is 0 Å². The number of nitro benzene ring substituents is 1. The van der Waals surface area contributed by atoms with E-state index in [4.69, 9.17) is 4.74 Å². The van der Waals surface area contributed by atoms with Crippen LogP contribution >= 0.6 is 0 Å². The maximum absolute atomic E-state index is 11.5. The van der Waals surface area contributed by atoms with Crippen molar-refractivity contribution < 1.29 is 14.5 Å². The van der Waals surface area contributed by atoms with Gasteiger partial charge in [0.1, 0.15) is 5.75 Å². The number of nitrogens with one attached hydrogen (secondary N) is 2. The molecule has 0 aliphatic heterocycles. The number of carbonyl (C=O) groups excluding carboxylic acids is 1. The summed E-state index contributed by atoms with van der Waals surface area (Å²) in [4.78, 5) is 22.0. The zero-order valence-corrected chi connectivity index (χ0v) is 12.1. The van der Waals surface area contributed by atoms with Gasteiger partial charge in [0.15, 0.2) is 6.10 Å². The van der Waals surface area contributed by atoms with Crippen LogP contribution in [0, 0.1) is 10.1 Å². The Hall–Kier alpha value is -2.15. The van der Waals surface area contributed by atoms with Crippen molar-refractivity contribution in [2.75, 3.05) is 7.05 Å². The van der Waals surface area contributed by atoms with Crippen molar-refractivity contribution in [2.24, 2.45) is 0 Å². The molecule has 0 heterocycles. The average Bonchev–Trinajstić information content (AvgIpc) is 3.29. The number of amides is 1. The molecule has 1 atom stereocenters. The molecule has 1 aliphatic carbocycles. The molecule has 0 radical (unpaired) electrons. The van der Waals surface area contributed by atoms with Crippen LogP contribution in [-0.2, 0) is 11.3 Å². The molecule has 7 heteroatoms. The van der Waals surface area contributed by atoms with Crippen LogP contribution in [-0.4, -0.2) is 30.0 Å². The number of nitro groups is 1. The Kier molecular flexibility index (Phi) is 4.74. The Labute approximate surface area is 122 Å². The molecule has 1 unspecified atom stereocenters. The molecule has 1 saturated carbocycles. The molecule has 0 saturated heterocycles. The predicted molar refractivity (Wildman–Crippen MR) is 77.1 cm³/mol. The highest BCUT2D eigenvalue weighted by Gasteiger charge is 2.22. The van der Waals surface area contributed by atoms with E-state index in [0.29, 0.717) is 23.9 Å². The molecule has 114 valence electrons. The van der Waals surface area contributed by atoms with Crippen LogP contribution in [0.25, 0.3) is 0 Å². The van der Waals surface area contributed by atoms with Gasteiger partial charge in [-0.15, -0.1) is 0 Å². The van der Waals surface area contributed by atoms with Gasteiger partial charge < -0.3 is 15.4 Å². The summed E-state index contributed by atoms with van der Waals surface area (Å²) in [5.74, 6) is 0.249. The minimum absolute atomic E-state index is 0.0162. The van der Waals surface area contributed by atoms with Crippen molar-refractivity contribution >= 4 is 11.6 Å². The number of hydrogen-bond acceptors (Lipinski definition) is 5. The van der Waals surface area contributed by atoms with Crippen LogP contribution in [0.4, 0.5) is 5.69 Å². The van der Waals surface area contributed by atoms with E-state index in [1.165, 1.54) is 19.2 Å². The van der Waals surface area contributed by atoms with Crippen molar-refractivity contribution in [3.8, 4) is 5.75 Å². The summed E-state index contributed by atoms with van der Waals surface area (Å²) in [5, 5.41) is 16.7. The van der Waals surface area contributed by atoms with E-state index in [1.807, 2.05) is 0 Å². The lowest BCUT2D eigenvalue weighted by Crippen LogP contribution is -2.34. The first-order valence-electron chi connectivity index (χ1n) is 6.90. The van der Waals surface area contributed by atoms with Crippen LogP contribution in [0.3, 0.4) is 0 Å². The van der Waals surface area contributed by atoms with Gasteiger partial charge in [0.05, 0.1) is 4.92 Å². The minimum atomic E-state index is -0.656. The molecule has 0 aromatic heterocycles. The van der Waals surface area contributed by atoms with E-state index in [9.17, 15) is 14.9 Å². The lowest BCUT2D eigenvalue weighted by molar-refractivity contribution is -0.384. The van der Waals surface area contributed by atoms with E-state index in [0.717, 1.165) is 12.8 Å². The van der Waals surface area contributed by atoms with Crippen LogP contribution in [0.1, 0.15) is 25.3 Å². The summed E-state index contributed by atoms with van der Waals surface area (Å²) >= 11 is 0. The zero-order valence-electron chi connectivity index (χ0n) is 12.1. The standard InChI is InChI=1S/C14H19N3O4/c1-9(14(18)15-2)21-13-6-5-12(17(19)20)7-10(13)8-16-11-3-4-11/h5-7,9,11,16H,3-4,8H2,1-2H3,(H,15,18). The smallest absolute Gasteiger partial charge is 0.270 e. The van der Waals surface area contributed by atoms with E-state index in [1.54, 1.807) is 13.0 Å². The Morgan fingerprint density at radius 1 is 1.52 bits per heavy atom. The maximum Gasteiger partial charge on any atom is 0.270 e. The van der Waals surface area contributed by atoms with Crippen molar-refractivity contribution in [3.05, 3.63) is 33.9 Å². The lowest BCUT2D eigenvalue weighted by atomic mass is 10.1. The second-order valence-electron chi connectivity index (χ2n) is 5.08. The first-order chi connectivity index (χ1) is 10.0. The molecule has 1 amide bonds. The molecule has 1 fully saturated rings. The van der Waals surface area contributed by atoms with Crippen LogP contribution in [0.2, 0.25) is 0 Å². The van der Waals surface area contributed by atoms with Gasteiger partial charge in [0, 0.05) is 37.3 Å². The second-order valence-corrected chi connectivity index (χ2v) is 5.08. The summed E-state index contributed by atoms with van der Waals surface area (Å²) in [5.41, 5.74) is 0.703. The van der Waals surface area contributed by atoms with E-state index >= 15 is 0 Å². The number of benzene rings is 1. The summed E-state index contributed by atoms with van der Waals surface area (Å²) in [7, 11) is 1.54.